The van der Waals surface area contributed by atoms with Crippen LogP contribution >= 0.6 is 0 Å². The van der Waals surface area contributed by atoms with Crippen molar-refractivity contribution >= 4 is 17.3 Å². The number of para-hydroxylation sites is 1. The molecule has 2 aliphatic rings. The monoisotopic (exact) mass is 279 g/mol. The highest BCUT2D eigenvalue weighted by molar-refractivity contribution is 6.08. The first kappa shape index (κ1) is 12.4. The lowest BCUT2D eigenvalue weighted by Gasteiger charge is -2.41. The Hall–Kier alpha value is -2.36. The number of hydrogen-bond donors (Lipinski definition) is 0. The predicted molar refractivity (Wildman–Crippen MR) is 82.9 cm³/mol. The molecular formula is C17H17N3O. The van der Waals surface area contributed by atoms with Crippen LogP contribution in [0.3, 0.4) is 0 Å². The van der Waals surface area contributed by atoms with E-state index in [4.69, 9.17) is 0 Å². The highest BCUT2D eigenvalue weighted by Crippen LogP contribution is 2.39. The first-order valence-electron chi connectivity index (χ1n) is 7.43. The second kappa shape index (κ2) is 4.88. The summed E-state index contributed by atoms with van der Waals surface area (Å²) < 4.78 is 0. The third-order valence-electron chi connectivity index (χ3n) is 4.35. The average molecular weight is 279 g/mol. The summed E-state index contributed by atoms with van der Waals surface area (Å²) in [6.45, 7) is 2.76. The largest absolute Gasteiger partial charge is 0.368 e. The van der Waals surface area contributed by atoms with E-state index >= 15 is 0 Å². The van der Waals surface area contributed by atoms with Crippen molar-refractivity contribution in [2.75, 3.05) is 29.4 Å². The van der Waals surface area contributed by atoms with Crippen LogP contribution in [-0.4, -0.2) is 30.5 Å². The molecule has 0 unspecified atom stereocenters. The number of carbonyl (C=O) groups excluding carboxylic acids is 1. The Balaban J connectivity index is 1.77. The van der Waals surface area contributed by atoms with Gasteiger partial charge >= 0.3 is 0 Å². The number of anilines is 2. The van der Waals surface area contributed by atoms with Gasteiger partial charge in [-0.15, -0.1) is 0 Å². The van der Waals surface area contributed by atoms with Crippen LogP contribution in [0.25, 0.3) is 0 Å². The molecule has 0 saturated heterocycles. The van der Waals surface area contributed by atoms with Gasteiger partial charge in [-0.05, 0) is 36.6 Å². The van der Waals surface area contributed by atoms with E-state index in [0.29, 0.717) is 5.56 Å². The molecule has 21 heavy (non-hydrogen) atoms. The number of aryl methyl sites for hydroxylation is 1. The molecule has 0 spiro atoms. The first-order valence-corrected chi connectivity index (χ1v) is 7.43. The lowest BCUT2D eigenvalue weighted by molar-refractivity contribution is 0.0986. The third kappa shape index (κ3) is 1.98. The van der Waals surface area contributed by atoms with Crippen molar-refractivity contribution in [3.05, 3.63) is 53.9 Å². The summed E-state index contributed by atoms with van der Waals surface area (Å²) in [6, 6.07) is 9.88. The Morgan fingerprint density at radius 3 is 2.76 bits per heavy atom. The SMILES string of the molecule is O=C(c1ccncc1)N1CCN2CCCc3cccc1c32. The highest BCUT2D eigenvalue weighted by Gasteiger charge is 2.30. The van der Waals surface area contributed by atoms with Crippen LogP contribution < -0.4 is 9.80 Å². The number of amides is 1. The average Bonchev–Trinajstić information content (AvgIpc) is 2.56. The smallest absolute Gasteiger partial charge is 0.258 e. The van der Waals surface area contributed by atoms with Crippen molar-refractivity contribution in [3.8, 4) is 0 Å². The van der Waals surface area contributed by atoms with E-state index in [2.05, 4.69) is 28.1 Å². The van der Waals surface area contributed by atoms with E-state index in [1.54, 1.807) is 24.5 Å². The van der Waals surface area contributed by atoms with Crippen LogP contribution in [0.1, 0.15) is 22.3 Å². The van der Waals surface area contributed by atoms with Gasteiger partial charge in [0.2, 0.25) is 0 Å². The van der Waals surface area contributed by atoms with E-state index in [1.807, 2.05) is 4.90 Å². The summed E-state index contributed by atoms with van der Waals surface area (Å²) in [5.41, 5.74) is 4.38. The maximum absolute atomic E-state index is 12.8. The van der Waals surface area contributed by atoms with Gasteiger partial charge in [0.15, 0.2) is 0 Å². The minimum Gasteiger partial charge on any atom is -0.368 e. The summed E-state index contributed by atoms with van der Waals surface area (Å²) in [5, 5.41) is 0. The molecule has 2 aliphatic heterocycles. The van der Waals surface area contributed by atoms with Crippen molar-refractivity contribution in [2.24, 2.45) is 0 Å². The maximum atomic E-state index is 12.8. The number of hydrogen-bond acceptors (Lipinski definition) is 3. The highest BCUT2D eigenvalue weighted by atomic mass is 16.2. The number of aromatic nitrogens is 1. The topological polar surface area (TPSA) is 36.4 Å². The molecule has 3 heterocycles. The van der Waals surface area contributed by atoms with Gasteiger partial charge in [-0.1, -0.05) is 12.1 Å². The molecule has 0 fully saturated rings. The van der Waals surface area contributed by atoms with E-state index < -0.39 is 0 Å². The molecule has 4 nitrogen and oxygen atoms in total. The van der Waals surface area contributed by atoms with Crippen molar-refractivity contribution < 1.29 is 4.79 Å². The molecule has 0 radical (unpaired) electrons. The van der Waals surface area contributed by atoms with Crippen molar-refractivity contribution in [2.45, 2.75) is 12.8 Å². The van der Waals surface area contributed by atoms with Crippen LogP contribution in [0.4, 0.5) is 11.4 Å². The van der Waals surface area contributed by atoms with E-state index in [1.165, 1.54) is 17.7 Å². The molecule has 1 aromatic carbocycles. The zero-order valence-electron chi connectivity index (χ0n) is 11.8. The normalized spacial score (nSPS) is 16.6. The first-order chi connectivity index (χ1) is 10.3. The van der Waals surface area contributed by atoms with Crippen LogP contribution in [0.5, 0.6) is 0 Å². The fourth-order valence-corrected chi connectivity index (χ4v) is 3.36. The fourth-order valence-electron chi connectivity index (χ4n) is 3.36. The summed E-state index contributed by atoms with van der Waals surface area (Å²) in [7, 11) is 0. The van der Waals surface area contributed by atoms with Crippen molar-refractivity contribution in [1.82, 2.24) is 4.98 Å². The van der Waals surface area contributed by atoms with Gasteiger partial charge in [0.25, 0.3) is 5.91 Å². The van der Waals surface area contributed by atoms with Crippen molar-refractivity contribution in [1.29, 1.82) is 0 Å². The molecule has 0 aliphatic carbocycles. The van der Waals surface area contributed by atoms with E-state index in [0.717, 1.165) is 31.7 Å². The van der Waals surface area contributed by atoms with Crippen LogP contribution in [0, 0.1) is 0 Å². The molecule has 0 N–H and O–H groups in total. The van der Waals surface area contributed by atoms with Gasteiger partial charge in [-0.25, -0.2) is 0 Å². The number of benzene rings is 1. The molecule has 106 valence electrons. The molecule has 2 aromatic rings. The Morgan fingerprint density at radius 1 is 1.05 bits per heavy atom. The number of carbonyl (C=O) groups is 1. The van der Waals surface area contributed by atoms with E-state index in [9.17, 15) is 4.79 Å². The zero-order valence-corrected chi connectivity index (χ0v) is 11.8. The van der Waals surface area contributed by atoms with Gasteiger partial charge in [-0.3, -0.25) is 9.78 Å². The molecule has 0 atom stereocenters. The second-order valence-electron chi connectivity index (χ2n) is 5.57. The standard InChI is InChI=1S/C17H17N3O/c21-17(14-6-8-18-9-7-14)20-12-11-19-10-2-4-13-3-1-5-15(20)16(13)19/h1,3,5-9H,2,4,10-12H2. The minimum absolute atomic E-state index is 0.0658. The Bertz CT molecular complexity index is 684. The molecular weight excluding hydrogens is 262 g/mol. The number of rotatable bonds is 1. The second-order valence-corrected chi connectivity index (χ2v) is 5.57. The van der Waals surface area contributed by atoms with Crippen LogP contribution in [0.2, 0.25) is 0 Å². The number of nitrogens with zero attached hydrogens (tertiary/aromatic N) is 3. The molecule has 4 rings (SSSR count). The van der Waals surface area contributed by atoms with E-state index in [-0.39, 0.29) is 5.91 Å². The van der Waals surface area contributed by atoms with Gasteiger partial charge in [0.1, 0.15) is 0 Å². The van der Waals surface area contributed by atoms with Gasteiger partial charge in [-0.2, -0.15) is 0 Å². The van der Waals surface area contributed by atoms with Gasteiger partial charge < -0.3 is 9.80 Å². The molecule has 0 saturated carbocycles. The summed E-state index contributed by atoms with van der Waals surface area (Å²) >= 11 is 0. The van der Waals surface area contributed by atoms with Crippen LogP contribution in [-0.2, 0) is 6.42 Å². The predicted octanol–water partition coefficient (Wildman–Crippen LogP) is 2.49. The lowest BCUT2D eigenvalue weighted by atomic mass is 9.97. The lowest BCUT2D eigenvalue weighted by Crippen LogP contribution is -2.46. The molecule has 4 heteroatoms. The minimum atomic E-state index is 0.0658. The molecule has 1 amide bonds. The zero-order chi connectivity index (χ0) is 14.2. The Kier molecular flexibility index (Phi) is 2.88. The number of pyridine rings is 1. The third-order valence-corrected chi connectivity index (χ3v) is 4.35. The Morgan fingerprint density at radius 2 is 1.90 bits per heavy atom. The van der Waals surface area contributed by atoms with Gasteiger partial charge in [0, 0.05) is 37.6 Å². The molecule has 0 bridgehead atoms. The van der Waals surface area contributed by atoms with Crippen LogP contribution in [0.15, 0.2) is 42.7 Å². The van der Waals surface area contributed by atoms with Crippen molar-refractivity contribution in [3.63, 3.8) is 0 Å². The van der Waals surface area contributed by atoms with Gasteiger partial charge in [0.05, 0.1) is 11.4 Å². The summed E-state index contributed by atoms with van der Waals surface area (Å²) in [6.07, 6.45) is 5.65. The summed E-state index contributed by atoms with van der Waals surface area (Å²) in [5.74, 6) is 0.0658. The Labute approximate surface area is 124 Å². The maximum Gasteiger partial charge on any atom is 0.258 e. The summed E-state index contributed by atoms with van der Waals surface area (Å²) in [4.78, 5) is 21.1. The molecule has 1 aromatic heterocycles. The quantitative estimate of drug-likeness (QED) is 0.804. The fraction of sp³-hybridized carbons (Fsp3) is 0.294.